The average molecular weight is 285 g/mol. The van der Waals surface area contributed by atoms with Crippen molar-refractivity contribution in [2.45, 2.75) is 38.8 Å². The van der Waals surface area contributed by atoms with Gasteiger partial charge in [-0.15, -0.1) is 0 Å². The molecule has 0 saturated heterocycles. The van der Waals surface area contributed by atoms with E-state index in [0.29, 0.717) is 12.5 Å². The van der Waals surface area contributed by atoms with Crippen LogP contribution < -0.4 is 5.32 Å². The third kappa shape index (κ3) is 4.05. The number of amides is 1. The Labute approximate surface area is 126 Å². The molecular weight excluding hydrogens is 262 g/mol. The second-order valence-electron chi connectivity index (χ2n) is 6.24. The number of carbonyl (C=O) groups is 1. The fraction of sp³-hybridized carbons (Fsp3) is 0.529. The van der Waals surface area contributed by atoms with Crippen molar-refractivity contribution in [1.29, 1.82) is 5.26 Å². The first-order chi connectivity index (χ1) is 9.94. The van der Waals surface area contributed by atoms with E-state index < -0.39 is 5.54 Å². The van der Waals surface area contributed by atoms with Gasteiger partial charge in [-0.3, -0.25) is 9.69 Å². The molecule has 1 fully saturated rings. The SMILES string of the molecule is Cc1ccccc1CN(C)CC(=O)N[C@](C)(C#N)C1CC1. The van der Waals surface area contributed by atoms with Gasteiger partial charge in [0.15, 0.2) is 0 Å². The number of hydrogen-bond acceptors (Lipinski definition) is 3. The van der Waals surface area contributed by atoms with Gasteiger partial charge in [0.1, 0.15) is 5.54 Å². The van der Waals surface area contributed by atoms with Crippen molar-refractivity contribution < 1.29 is 4.79 Å². The summed E-state index contributed by atoms with van der Waals surface area (Å²) in [5.41, 5.74) is 1.74. The molecule has 0 aromatic heterocycles. The van der Waals surface area contributed by atoms with Crippen molar-refractivity contribution in [3.8, 4) is 6.07 Å². The van der Waals surface area contributed by atoms with Crippen LogP contribution in [0.3, 0.4) is 0 Å². The summed E-state index contributed by atoms with van der Waals surface area (Å²) < 4.78 is 0. The summed E-state index contributed by atoms with van der Waals surface area (Å²) in [7, 11) is 1.92. The fourth-order valence-corrected chi connectivity index (χ4v) is 2.59. The van der Waals surface area contributed by atoms with Gasteiger partial charge in [-0.05, 0) is 50.8 Å². The highest BCUT2D eigenvalue weighted by molar-refractivity contribution is 5.79. The summed E-state index contributed by atoms with van der Waals surface area (Å²) in [5.74, 6) is 0.232. The standard InChI is InChI=1S/C17H23N3O/c1-13-6-4-5-7-14(13)10-20(3)11-16(21)19-17(2,12-18)15-8-9-15/h4-7,15H,8-11H2,1-3H3,(H,19,21)/t17-/m1/s1. The Morgan fingerprint density at radius 3 is 2.71 bits per heavy atom. The number of nitrogens with one attached hydrogen (secondary N) is 1. The maximum Gasteiger partial charge on any atom is 0.235 e. The highest BCUT2D eigenvalue weighted by Crippen LogP contribution is 2.39. The zero-order valence-corrected chi connectivity index (χ0v) is 13.0. The normalized spacial score (nSPS) is 17.1. The molecular formula is C17H23N3O. The first-order valence-electron chi connectivity index (χ1n) is 7.40. The molecule has 4 nitrogen and oxygen atoms in total. The molecule has 1 saturated carbocycles. The van der Waals surface area contributed by atoms with Gasteiger partial charge in [-0.2, -0.15) is 5.26 Å². The van der Waals surface area contributed by atoms with Crippen LogP contribution >= 0.6 is 0 Å². The van der Waals surface area contributed by atoms with Gasteiger partial charge in [0, 0.05) is 6.54 Å². The number of aryl methyl sites for hydroxylation is 1. The van der Waals surface area contributed by atoms with Crippen LogP contribution in [0.4, 0.5) is 0 Å². The third-order valence-corrected chi connectivity index (χ3v) is 4.14. The second kappa shape index (κ2) is 6.28. The predicted octanol–water partition coefficient (Wildman–Crippen LogP) is 2.24. The lowest BCUT2D eigenvalue weighted by Crippen LogP contribution is -2.49. The number of carbonyl (C=O) groups excluding carboxylic acids is 1. The van der Waals surface area contributed by atoms with Crippen LogP contribution in [-0.4, -0.2) is 29.9 Å². The number of benzene rings is 1. The molecule has 0 radical (unpaired) electrons. The molecule has 21 heavy (non-hydrogen) atoms. The van der Waals surface area contributed by atoms with Crippen LogP contribution in [-0.2, 0) is 11.3 Å². The molecule has 112 valence electrons. The lowest BCUT2D eigenvalue weighted by molar-refractivity contribution is -0.123. The van der Waals surface area contributed by atoms with Crippen LogP contribution in [0, 0.1) is 24.2 Å². The van der Waals surface area contributed by atoms with E-state index in [1.54, 1.807) is 0 Å². The summed E-state index contributed by atoms with van der Waals surface area (Å²) in [6.45, 7) is 4.93. The van der Waals surface area contributed by atoms with Crippen LogP contribution in [0.5, 0.6) is 0 Å². The van der Waals surface area contributed by atoms with E-state index in [0.717, 1.165) is 19.4 Å². The van der Waals surface area contributed by atoms with E-state index in [2.05, 4.69) is 30.4 Å². The molecule has 1 aromatic rings. The molecule has 1 N–H and O–H groups in total. The molecule has 1 atom stereocenters. The van der Waals surface area contributed by atoms with E-state index in [1.165, 1.54) is 11.1 Å². The molecule has 0 unspecified atom stereocenters. The first-order valence-corrected chi connectivity index (χ1v) is 7.40. The van der Waals surface area contributed by atoms with E-state index in [9.17, 15) is 10.1 Å². The molecule has 0 aliphatic heterocycles. The van der Waals surface area contributed by atoms with Gasteiger partial charge >= 0.3 is 0 Å². The Balaban J connectivity index is 1.88. The van der Waals surface area contributed by atoms with Crippen molar-refractivity contribution in [3.63, 3.8) is 0 Å². The van der Waals surface area contributed by atoms with Gasteiger partial charge in [0.2, 0.25) is 5.91 Å². The van der Waals surface area contributed by atoms with Crippen LogP contribution in [0.2, 0.25) is 0 Å². The Bertz CT molecular complexity index is 559. The highest BCUT2D eigenvalue weighted by Gasteiger charge is 2.42. The number of hydrogen-bond donors (Lipinski definition) is 1. The minimum absolute atomic E-state index is 0.0814. The van der Waals surface area contributed by atoms with Crippen molar-refractivity contribution in [2.75, 3.05) is 13.6 Å². The van der Waals surface area contributed by atoms with Gasteiger partial charge in [-0.1, -0.05) is 24.3 Å². The maximum atomic E-state index is 12.1. The van der Waals surface area contributed by atoms with Crippen molar-refractivity contribution >= 4 is 5.91 Å². The molecule has 1 aromatic carbocycles. The Hall–Kier alpha value is -1.86. The fourth-order valence-electron chi connectivity index (χ4n) is 2.59. The molecule has 2 rings (SSSR count). The molecule has 1 aliphatic rings. The van der Waals surface area contributed by atoms with Gasteiger partial charge < -0.3 is 5.32 Å². The van der Waals surface area contributed by atoms with Crippen LogP contribution in [0.25, 0.3) is 0 Å². The third-order valence-electron chi connectivity index (χ3n) is 4.14. The van der Waals surface area contributed by atoms with E-state index >= 15 is 0 Å². The smallest absolute Gasteiger partial charge is 0.235 e. The number of likely N-dealkylation sites (N-methyl/N-ethyl adjacent to an activating group) is 1. The van der Waals surface area contributed by atoms with Gasteiger partial charge in [0.05, 0.1) is 12.6 Å². The summed E-state index contributed by atoms with van der Waals surface area (Å²) in [6.07, 6.45) is 2.06. The van der Waals surface area contributed by atoms with E-state index in [1.807, 2.05) is 31.0 Å². The number of rotatable bonds is 6. The molecule has 1 amide bonds. The topological polar surface area (TPSA) is 56.1 Å². The van der Waals surface area contributed by atoms with Gasteiger partial charge in [0.25, 0.3) is 0 Å². The summed E-state index contributed by atoms with van der Waals surface area (Å²) in [5, 5.41) is 12.2. The van der Waals surface area contributed by atoms with Crippen molar-refractivity contribution in [1.82, 2.24) is 10.2 Å². The predicted molar refractivity (Wildman–Crippen MR) is 82.4 cm³/mol. The van der Waals surface area contributed by atoms with Crippen LogP contribution in [0.1, 0.15) is 30.9 Å². The van der Waals surface area contributed by atoms with Crippen molar-refractivity contribution in [3.05, 3.63) is 35.4 Å². The number of nitrogens with zero attached hydrogens (tertiary/aromatic N) is 2. The lowest BCUT2D eigenvalue weighted by Gasteiger charge is -2.25. The highest BCUT2D eigenvalue weighted by atomic mass is 16.2. The molecule has 0 heterocycles. The first kappa shape index (κ1) is 15.5. The summed E-state index contributed by atoms with van der Waals surface area (Å²) >= 11 is 0. The Morgan fingerprint density at radius 2 is 2.14 bits per heavy atom. The van der Waals surface area contributed by atoms with Crippen LogP contribution in [0.15, 0.2) is 24.3 Å². The summed E-state index contributed by atoms with van der Waals surface area (Å²) in [4.78, 5) is 14.1. The Morgan fingerprint density at radius 1 is 1.48 bits per heavy atom. The Kier molecular flexibility index (Phi) is 4.64. The molecule has 0 bridgehead atoms. The summed E-state index contributed by atoms with van der Waals surface area (Å²) in [6, 6.07) is 10.4. The lowest BCUT2D eigenvalue weighted by atomic mass is 9.98. The maximum absolute atomic E-state index is 12.1. The minimum Gasteiger partial charge on any atom is -0.337 e. The average Bonchev–Trinajstić information content (AvgIpc) is 3.25. The molecule has 1 aliphatic carbocycles. The van der Waals surface area contributed by atoms with E-state index in [4.69, 9.17) is 0 Å². The van der Waals surface area contributed by atoms with Gasteiger partial charge in [-0.25, -0.2) is 0 Å². The second-order valence-corrected chi connectivity index (χ2v) is 6.24. The zero-order chi connectivity index (χ0) is 15.5. The van der Waals surface area contributed by atoms with Crippen molar-refractivity contribution in [2.24, 2.45) is 5.92 Å². The van der Waals surface area contributed by atoms with E-state index in [-0.39, 0.29) is 5.91 Å². The zero-order valence-electron chi connectivity index (χ0n) is 13.0. The molecule has 0 spiro atoms. The minimum atomic E-state index is -0.708. The molecule has 4 heteroatoms. The number of nitriles is 1. The largest absolute Gasteiger partial charge is 0.337 e. The monoisotopic (exact) mass is 285 g/mol. The quantitative estimate of drug-likeness (QED) is 0.872.